The van der Waals surface area contributed by atoms with Crippen molar-refractivity contribution in [3.05, 3.63) is 0 Å². The van der Waals surface area contributed by atoms with Crippen LogP contribution in [-0.4, -0.2) is 69.7 Å². The van der Waals surface area contributed by atoms with Gasteiger partial charge in [0.25, 0.3) is 0 Å². The summed E-state index contributed by atoms with van der Waals surface area (Å²) < 4.78 is 10.1. The van der Waals surface area contributed by atoms with Gasteiger partial charge < -0.3 is 14.8 Å². The van der Waals surface area contributed by atoms with Crippen LogP contribution >= 0.6 is 0 Å². The van der Waals surface area contributed by atoms with Gasteiger partial charge in [-0.25, -0.2) is 0 Å². The van der Waals surface area contributed by atoms with E-state index in [1.54, 1.807) is 0 Å². The van der Waals surface area contributed by atoms with Gasteiger partial charge in [0.2, 0.25) is 0 Å². The standard InChI is InChI=1S/C14H24N2O4/c1-19-14(18)11-2-3-15-9-12(8-11)13(17)10-16-4-6-20-7-5-16/h11-12,15H,2-10H2,1H3. The number of nitrogens with one attached hydrogen (secondary N) is 1. The number of morpholine rings is 1. The Kier molecular flexibility index (Phi) is 5.94. The molecular weight excluding hydrogens is 260 g/mol. The Bertz CT molecular complexity index is 342. The second-order valence-electron chi connectivity index (χ2n) is 5.50. The van der Waals surface area contributed by atoms with Gasteiger partial charge >= 0.3 is 5.97 Å². The summed E-state index contributed by atoms with van der Waals surface area (Å²) in [7, 11) is 1.41. The molecule has 2 saturated heterocycles. The van der Waals surface area contributed by atoms with Gasteiger partial charge in [-0.05, 0) is 19.4 Å². The highest BCUT2D eigenvalue weighted by atomic mass is 16.5. The zero-order chi connectivity index (χ0) is 14.4. The van der Waals surface area contributed by atoms with E-state index in [2.05, 4.69) is 10.2 Å². The highest BCUT2D eigenvalue weighted by Gasteiger charge is 2.30. The minimum atomic E-state index is -0.196. The topological polar surface area (TPSA) is 67.9 Å². The molecule has 0 aromatic heterocycles. The van der Waals surface area contributed by atoms with E-state index in [9.17, 15) is 9.59 Å². The Labute approximate surface area is 119 Å². The average molecular weight is 284 g/mol. The Balaban J connectivity index is 1.88. The van der Waals surface area contributed by atoms with Crippen LogP contribution in [0, 0.1) is 11.8 Å². The molecule has 0 spiro atoms. The quantitative estimate of drug-likeness (QED) is 0.714. The van der Waals surface area contributed by atoms with E-state index in [-0.39, 0.29) is 23.6 Å². The highest BCUT2D eigenvalue weighted by molar-refractivity contribution is 5.84. The van der Waals surface area contributed by atoms with Gasteiger partial charge in [0.05, 0.1) is 32.8 Å². The van der Waals surface area contributed by atoms with Crippen LogP contribution in [0.2, 0.25) is 0 Å². The number of carbonyl (C=O) groups is 2. The van der Waals surface area contributed by atoms with Crippen LogP contribution in [0.5, 0.6) is 0 Å². The van der Waals surface area contributed by atoms with Crippen LogP contribution in [0.4, 0.5) is 0 Å². The summed E-state index contributed by atoms with van der Waals surface area (Å²) in [4.78, 5) is 26.2. The first-order valence-corrected chi connectivity index (χ1v) is 7.32. The summed E-state index contributed by atoms with van der Waals surface area (Å²) in [5.74, 6) is -0.230. The summed E-state index contributed by atoms with van der Waals surface area (Å²) in [6, 6.07) is 0. The van der Waals surface area contributed by atoms with E-state index in [1.807, 2.05) is 0 Å². The number of ether oxygens (including phenoxy) is 2. The van der Waals surface area contributed by atoms with Crippen molar-refractivity contribution in [1.82, 2.24) is 10.2 Å². The van der Waals surface area contributed by atoms with Gasteiger partial charge in [-0.1, -0.05) is 0 Å². The molecule has 2 unspecified atom stereocenters. The molecule has 6 nitrogen and oxygen atoms in total. The molecule has 2 atom stereocenters. The first-order valence-electron chi connectivity index (χ1n) is 7.32. The van der Waals surface area contributed by atoms with Crippen molar-refractivity contribution in [1.29, 1.82) is 0 Å². The molecule has 0 aromatic carbocycles. The zero-order valence-corrected chi connectivity index (χ0v) is 12.1. The maximum atomic E-state index is 12.4. The first kappa shape index (κ1) is 15.4. The highest BCUT2D eigenvalue weighted by Crippen LogP contribution is 2.21. The lowest BCUT2D eigenvalue weighted by Crippen LogP contribution is -2.42. The lowest BCUT2D eigenvalue weighted by molar-refractivity contribution is -0.146. The maximum absolute atomic E-state index is 12.4. The Morgan fingerprint density at radius 3 is 2.75 bits per heavy atom. The van der Waals surface area contributed by atoms with E-state index in [1.165, 1.54) is 7.11 Å². The van der Waals surface area contributed by atoms with E-state index >= 15 is 0 Å². The van der Waals surface area contributed by atoms with Crippen molar-refractivity contribution < 1.29 is 19.1 Å². The molecule has 1 N–H and O–H groups in total. The monoisotopic (exact) mass is 284 g/mol. The second kappa shape index (κ2) is 7.71. The number of Topliss-reactive ketones (excluding diaryl/α,β-unsaturated/α-hetero) is 1. The fourth-order valence-electron chi connectivity index (χ4n) is 2.83. The van der Waals surface area contributed by atoms with Gasteiger partial charge in [-0.15, -0.1) is 0 Å². The van der Waals surface area contributed by atoms with Gasteiger partial charge in [-0.2, -0.15) is 0 Å². The number of hydrogen-bond acceptors (Lipinski definition) is 6. The van der Waals surface area contributed by atoms with E-state index in [4.69, 9.17) is 9.47 Å². The summed E-state index contributed by atoms with van der Waals surface area (Å²) in [6.45, 7) is 4.90. The van der Waals surface area contributed by atoms with Crippen LogP contribution in [-0.2, 0) is 19.1 Å². The molecule has 0 saturated carbocycles. The molecule has 0 aliphatic carbocycles. The minimum absolute atomic E-state index is 0.0931. The summed E-state index contributed by atoms with van der Waals surface area (Å²) >= 11 is 0. The third-order valence-corrected chi connectivity index (χ3v) is 4.10. The normalized spacial score (nSPS) is 28.6. The predicted octanol–water partition coefficient (Wildman–Crippen LogP) is -0.323. The van der Waals surface area contributed by atoms with Gasteiger partial charge in [0.1, 0.15) is 0 Å². The number of methoxy groups -OCH3 is 1. The average Bonchev–Trinajstić information content (AvgIpc) is 2.73. The van der Waals surface area contributed by atoms with E-state index in [0.29, 0.717) is 32.7 Å². The van der Waals surface area contributed by atoms with Crippen molar-refractivity contribution >= 4 is 11.8 Å². The number of ketones is 1. The molecule has 0 bridgehead atoms. The number of hydrogen-bond donors (Lipinski definition) is 1. The fraction of sp³-hybridized carbons (Fsp3) is 0.857. The van der Waals surface area contributed by atoms with Gasteiger partial charge in [0.15, 0.2) is 5.78 Å². The Hall–Kier alpha value is -0.980. The van der Waals surface area contributed by atoms with Crippen LogP contribution in [0.15, 0.2) is 0 Å². The third-order valence-electron chi connectivity index (χ3n) is 4.10. The third kappa shape index (κ3) is 4.26. The first-order chi connectivity index (χ1) is 9.70. The van der Waals surface area contributed by atoms with Crippen LogP contribution in [0.1, 0.15) is 12.8 Å². The van der Waals surface area contributed by atoms with Crippen molar-refractivity contribution in [3.63, 3.8) is 0 Å². The predicted molar refractivity (Wildman–Crippen MR) is 73.4 cm³/mol. The van der Waals surface area contributed by atoms with Crippen LogP contribution in [0.25, 0.3) is 0 Å². The zero-order valence-electron chi connectivity index (χ0n) is 12.1. The van der Waals surface area contributed by atoms with Crippen molar-refractivity contribution in [2.75, 3.05) is 53.0 Å². The molecule has 2 heterocycles. The molecule has 0 radical (unpaired) electrons. The molecule has 2 rings (SSSR count). The Morgan fingerprint density at radius 1 is 1.30 bits per heavy atom. The number of carbonyl (C=O) groups excluding carboxylic acids is 2. The molecule has 0 amide bonds. The smallest absolute Gasteiger partial charge is 0.308 e. The fourth-order valence-corrected chi connectivity index (χ4v) is 2.83. The van der Waals surface area contributed by atoms with Gasteiger partial charge in [-0.3, -0.25) is 14.5 Å². The van der Waals surface area contributed by atoms with Crippen molar-refractivity contribution in [2.45, 2.75) is 12.8 Å². The maximum Gasteiger partial charge on any atom is 0.308 e. The molecule has 2 fully saturated rings. The molecule has 114 valence electrons. The summed E-state index contributed by atoms with van der Waals surface area (Å²) in [6.07, 6.45) is 1.34. The minimum Gasteiger partial charge on any atom is -0.469 e. The summed E-state index contributed by atoms with van der Waals surface area (Å²) in [5.41, 5.74) is 0. The van der Waals surface area contributed by atoms with Gasteiger partial charge in [0, 0.05) is 25.6 Å². The van der Waals surface area contributed by atoms with E-state index < -0.39 is 0 Å². The molecule has 2 aliphatic rings. The number of nitrogens with zero attached hydrogens (tertiary/aromatic N) is 1. The largest absolute Gasteiger partial charge is 0.469 e. The number of rotatable bonds is 4. The van der Waals surface area contributed by atoms with Crippen molar-refractivity contribution in [2.24, 2.45) is 11.8 Å². The van der Waals surface area contributed by atoms with Crippen LogP contribution < -0.4 is 5.32 Å². The lowest BCUT2D eigenvalue weighted by atomic mass is 9.90. The molecule has 20 heavy (non-hydrogen) atoms. The molecule has 6 heteroatoms. The van der Waals surface area contributed by atoms with Crippen LogP contribution in [0.3, 0.4) is 0 Å². The van der Waals surface area contributed by atoms with E-state index in [0.717, 1.165) is 26.1 Å². The second-order valence-corrected chi connectivity index (χ2v) is 5.50. The van der Waals surface area contributed by atoms with Crippen molar-refractivity contribution in [3.8, 4) is 0 Å². The molecule has 2 aliphatic heterocycles. The summed E-state index contributed by atoms with van der Waals surface area (Å²) in [5, 5.41) is 3.25. The lowest BCUT2D eigenvalue weighted by Gasteiger charge is -2.27. The Morgan fingerprint density at radius 2 is 2.05 bits per heavy atom. The SMILES string of the molecule is COC(=O)C1CCNCC(C(=O)CN2CCOCC2)C1. The number of esters is 1. The molecule has 0 aromatic rings. The molecular formula is C14H24N2O4.